The second-order valence-electron chi connectivity index (χ2n) is 4.05. The number of carbonyl (C=O) groups is 1. The van der Waals surface area contributed by atoms with Crippen LogP contribution in [0.5, 0.6) is 0 Å². The molecule has 1 aromatic carbocycles. The molecule has 1 saturated heterocycles. The molecule has 0 aliphatic carbocycles. The van der Waals surface area contributed by atoms with Gasteiger partial charge in [0.1, 0.15) is 10.9 Å². The van der Waals surface area contributed by atoms with Crippen molar-refractivity contribution in [3.8, 4) is 0 Å². The Bertz CT molecular complexity index is 647. The van der Waals surface area contributed by atoms with Gasteiger partial charge in [0, 0.05) is 11.6 Å². The van der Waals surface area contributed by atoms with Gasteiger partial charge in [-0.25, -0.2) is 4.98 Å². The molecule has 3 rings (SSSR count). The van der Waals surface area contributed by atoms with E-state index in [1.165, 1.54) is 23.1 Å². The minimum atomic E-state index is -0.500. The van der Waals surface area contributed by atoms with Crippen molar-refractivity contribution < 1.29 is 4.79 Å². The highest BCUT2D eigenvalue weighted by Crippen LogP contribution is 2.41. The summed E-state index contributed by atoms with van der Waals surface area (Å²) in [5, 5.41) is 10.9. The predicted molar refractivity (Wildman–Crippen MR) is 79.6 cm³/mol. The van der Waals surface area contributed by atoms with E-state index < -0.39 is 5.92 Å². The van der Waals surface area contributed by atoms with Gasteiger partial charge in [0.25, 0.3) is 0 Å². The van der Waals surface area contributed by atoms with E-state index in [1.54, 1.807) is 6.20 Å². The molecule has 2 aromatic rings. The number of allylic oxidation sites excluding steroid dienone is 1. The first-order chi connectivity index (χ1) is 9.25. The topological polar surface area (TPSA) is 53.8 Å². The Kier molecular flexibility index (Phi) is 3.31. The number of carbonyl (C=O) groups excluding carboxylic acids is 1. The molecule has 2 heterocycles. The highest BCUT2D eigenvalue weighted by Gasteiger charge is 2.38. The second-order valence-corrected chi connectivity index (χ2v) is 6.06. The Morgan fingerprint density at radius 2 is 2.05 bits per heavy atom. The summed E-state index contributed by atoms with van der Waals surface area (Å²) < 4.78 is 0. The third-order valence-electron chi connectivity index (χ3n) is 2.78. The predicted octanol–water partition coefficient (Wildman–Crippen LogP) is 3.56. The lowest BCUT2D eigenvalue weighted by molar-refractivity contribution is -0.114. The molecule has 1 aliphatic rings. The number of rotatable bonds is 2. The first-order valence-corrected chi connectivity index (χ1v) is 7.42. The van der Waals surface area contributed by atoms with Gasteiger partial charge in [0.15, 0.2) is 5.78 Å². The number of nitrogens with one attached hydrogen (secondary N) is 1. The molecule has 0 spiro atoms. The Hall–Kier alpha value is -1.72. The average Bonchev–Trinajstić information content (AvgIpc) is 3.01. The zero-order valence-electron chi connectivity index (χ0n) is 9.87. The molecule has 19 heavy (non-hydrogen) atoms. The average molecular weight is 286 g/mol. The van der Waals surface area contributed by atoms with Gasteiger partial charge in [-0.15, -0.1) is 11.3 Å². The zero-order chi connectivity index (χ0) is 13.2. The van der Waals surface area contributed by atoms with Gasteiger partial charge < -0.3 is 0 Å². The van der Waals surface area contributed by atoms with Crippen LogP contribution in [0.2, 0.25) is 0 Å². The SMILES string of the molecule is N=C1SC(=Cc2ccccc2)C(=O)C1c1nccs1. The van der Waals surface area contributed by atoms with Crippen molar-refractivity contribution in [1.29, 1.82) is 5.41 Å². The van der Waals surface area contributed by atoms with Crippen LogP contribution in [0.15, 0.2) is 46.8 Å². The largest absolute Gasteiger partial charge is 0.297 e. The number of nitrogens with zero attached hydrogens (tertiary/aromatic N) is 1. The van der Waals surface area contributed by atoms with Gasteiger partial charge in [0.2, 0.25) is 0 Å². The fourth-order valence-electron chi connectivity index (χ4n) is 1.89. The van der Waals surface area contributed by atoms with Crippen molar-refractivity contribution in [2.75, 3.05) is 0 Å². The zero-order valence-corrected chi connectivity index (χ0v) is 11.5. The molecule has 1 unspecified atom stereocenters. The van der Waals surface area contributed by atoms with Gasteiger partial charge in [0.05, 0.1) is 9.95 Å². The van der Waals surface area contributed by atoms with E-state index in [-0.39, 0.29) is 5.78 Å². The molecule has 1 atom stereocenters. The van der Waals surface area contributed by atoms with Crippen LogP contribution in [0.3, 0.4) is 0 Å². The van der Waals surface area contributed by atoms with E-state index in [0.29, 0.717) is 15.0 Å². The van der Waals surface area contributed by atoms with Crippen molar-refractivity contribution in [2.24, 2.45) is 0 Å². The van der Waals surface area contributed by atoms with Crippen molar-refractivity contribution in [1.82, 2.24) is 4.98 Å². The summed E-state index contributed by atoms with van der Waals surface area (Å²) in [5.74, 6) is -0.520. The second kappa shape index (κ2) is 5.11. The molecule has 0 radical (unpaired) electrons. The van der Waals surface area contributed by atoms with Gasteiger partial charge in [-0.1, -0.05) is 42.1 Å². The Morgan fingerprint density at radius 3 is 2.74 bits per heavy atom. The van der Waals surface area contributed by atoms with Crippen LogP contribution in [0.25, 0.3) is 6.08 Å². The molecule has 94 valence electrons. The molecule has 1 fully saturated rings. The van der Waals surface area contributed by atoms with Gasteiger partial charge >= 0.3 is 0 Å². The summed E-state index contributed by atoms with van der Waals surface area (Å²) in [4.78, 5) is 17.1. The molecule has 5 heteroatoms. The van der Waals surface area contributed by atoms with E-state index in [2.05, 4.69) is 4.98 Å². The summed E-state index contributed by atoms with van der Waals surface area (Å²) >= 11 is 2.66. The van der Waals surface area contributed by atoms with E-state index >= 15 is 0 Å². The fourth-order valence-corrected chi connectivity index (χ4v) is 3.70. The smallest absolute Gasteiger partial charge is 0.186 e. The summed E-state index contributed by atoms with van der Waals surface area (Å²) in [5.41, 5.74) is 0.978. The van der Waals surface area contributed by atoms with E-state index in [9.17, 15) is 4.79 Å². The minimum absolute atomic E-state index is 0.0196. The molecule has 3 nitrogen and oxygen atoms in total. The summed E-state index contributed by atoms with van der Waals surface area (Å²) in [6.45, 7) is 0. The van der Waals surface area contributed by atoms with E-state index in [4.69, 9.17) is 5.41 Å². The van der Waals surface area contributed by atoms with Crippen molar-refractivity contribution >= 4 is 40.0 Å². The van der Waals surface area contributed by atoms with Crippen LogP contribution >= 0.6 is 23.1 Å². The van der Waals surface area contributed by atoms with Crippen LogP contribution in [-0.4, -0.2) is 15.8 Å². The van der Waals surface area contributed by atoms with E-state index in [0.717, 1.165) is 5.56 Å². The van der Waals surface area contributed by atoms with E-state index in [1.807, 2.05) is 41.8 Å². The maximum Gasteiger partial charge on any atom is 0.186 e. The lowest BCUT2D eigenvalue weighted by Gasteiger charge is -2.01. The third-order valence-corrected chi connectivity index (χ3v) is 4.62. The normalized spacial score (nSPS) is 21.3. The van der Waals surface area contributed by atoms with Crippen LogP contribution in [0.4, 0.5) is 0 Å². The molecule has 1 N–H and O–H groups in total. The maximum absolute atomic E-state index is 12.4. The third kappa shape index (κ3) is 2.39. The molecule has 1 aliphatic heterocycles. The quantitative estimate of drug-likeness (QED) is 0.859. The number of hydrogen-bond acceptors (Lipinski definition) is 5. The number of hydrogen-bond donors (Lipinski definition) is 1. The molecular formula is C14H10N2OS2. The Morgan fingerprint density at radius 1 is 1.26 bits per heavy atom. The first-order valence-electron chi connectivity index (χ1n) is 5.72. The lowest BCUT2D eigenvalue weighted by atomic mass is 10.1. The Balaban J connectivity index is 1.93. The van der Waals surface area contributed by atoms with Crippen molar-refractivity contribution in [2.45, 2.75) is 5.92 Å². The van der Waals surface area contributed by atoms with Crippen molar-refractivity contribution in [3.63, 3.8) is 0 Å². The summed E-state index contributed by atoms with van der Waals surface area (Å²) in [6.07, 6.45) is 3.51. The highest BCUT2D eigenvalue weighted by molar-refractivity contribution is 8.19. The molecule has 1 aromatic heterocycles. The van der Waals surface area contributed by atoms with Crippen LogP contribution in [0, 0.1) is 5.41 Å². The number of ketones is 1. The molecule has 0 bridgehead atoms. The molecular weight excluding hydrogens is 276 g/mol. The van der Waals surface area contributed by atoms with Crippen LogP contribution in [0.1, 0.15) is 16.5 Å². The number of benzene rings is 1. The standard InChI is InChI=1S/C14H10N2OS2/c15-13-11(14-16-6-7-18-14)12(17)10(19-13)8-9-4-2-1-3-5-9/h1-8,11,15H. The molecule has 0 amide bonds. The van der Waals surface area contributed by atoms with Crippen LogP contribution < -0.4 is 0 Å². The number of thioether (sulfide) groups is 1. The summed E-state index contributed by atoms with van der Waals surface area (Å²) in [6, 6.07) is 9.69. The number of thiazole rings is 1. The monoisotopic (exact) mass is 286 g/mol. The van der Waals surface area contributed by atoms with Crippen LogP contribution in [-0.2, 0) is 4.79 Å². The number of Topliss-reactive ketones (excluding diaryl/α,β-unsaturated/α-hetero) is 1. The lowest BCUT2D eigenvalue weighted by Crippen LogP contribution is -2.11. The van der Waals surface area contributed by atoms with Gasteiger partial charge in [-0.05, 0) is 11.6 Å². The van der Waals surface area contributed by atoms with Gasteiger partial charge in [-0.2, -0.15) is 0 Å². The summed E-state index contributed by atoms with van der Waals surface area (Å²) in [7, 11) is 0. The Labute approximate surface area is 118 Å². The number of aromatic nitrogens is 1. The van der Waals surface area contributed by atoms with Gasteiger partial charge in [-0.3, -0.25) is 10.2 Å². The minimum Gasteiger partial charge on any atom is -0.297 e. The first kappa shape index (κ1) is 12.3. The maximum atomic E-state index is 12.4. The molecule has 0 saturated carbocycles. The highest BCUT2D eigenvalue weighted by atomic mass is 32.2. The fraction of sp³-hybridized carbons (Fsp3) is 0.0714. The van der Waals surface area contributed by atoms with Crippen molar-refractivity contribution in [3.05, 3.63) is 57.4 Å².